The molecule has 100 valence electrons. The Labute approximate surface area is 120 Å². The molecule has 0 spiro atoms. The van der Waals surface area contributed by atoms with Crippen LogP contribution in [0.15, 0.2) is 0 Å². The average molecular weight is 398 g/mol. The van der Waals surface area contributed by atoms with E-state index in [0.717, 1.165) is 38.5 Å². The molecule has 16 heavy (non-hydrogen) atoms. The number of rotatable bonds is 6. The SMILES string of the molecule is CCCC[O-].CCCC[O-].CCCC[O-].[Hf]. The molecule has 0 aliphatic heterocycles. The van der Waals surface area contributed by atoms with E-state index in [9.17, 15) is 15.3 Å². The van der Waals surface area contributed by atoms with Crippen molar-refractivity contribution in [3.63, 3.8) is 0 Å². The summed E-state index contributed by atoms with van der Waals surface area (Å²) in [7, 11) is 0. The van der Waals surface area contributed by atoms with Gasteiger partial charge in [-0.15, -0.1) is 19.8 Å². The zero-order valence-corrected chi connectivity index (χ0v) is 14.7. The Morgan fingerprint density at radius 1 is 0.562 bits per heavy atom. The van der Waals surface area contributed by atoms with Crippen molar-refractivity contribution in [2.45, 2.75) is 59.3 Å². The topological polar surface area (TPSA) is 69.2 Å². The molecule has 0 fully saturated rings. The van der Waals surface area contributed by atoms with Gasteiger partial charge in [0.25, 0.3) is 0 Å². The number of hydrogen-bond donors (Lipinski definition) is 0. The van der Waals surface area contributed by atoms with Gasteiger partial charge in [0.1, 0.15) is 0 Å². The Morgan fingerprint density at radius 3 is 0.750 bits per heavy atom. The third-order valence-electron chi connectivity index (χ3n) is 1.49. The average Bonchev–Trinajstić information content (AvgIpc) is 2.23. The standard InChI is InChI=1S/3C4H9O.Hf/c3*1-2-3-4-5;/h3*2-4H2,1H3;/q3*-1;. The summed E-state index contributed by atoms with van der Waals surface area (Å²) in [5, 5.41) is 28.6. The van der Waals surface area contributed by atoms with E-state index in [1.165, 1.54) is 0 Å². The molecule has 0 aromatic carbocycles. The van der Waals surface area contributed by atoms with Crippen molar-refractivity contribution >= 4 is 0 Å². The van der Waals surface area contributed by atoms with E-state index in [1.54, 1.807) is 0 Å². The molecule has 0 aromatic rings. The molecular formula is C12H27HfO3-3. The summed E-state index contributed by atoms with van der Waals surface area (Å²) >= 11 is 0. The molecule has 4 heteroatoms. The van der Waals surface area contributed by atoms with Crippen molar-refractivity contribution in [3.05, 3.63) is 0 Å². The van der Waals surface area contributed by atoms with Crippen LogP contribution in [0, 0.1) is 0 Å². The second kappa shape index (κ2) is 36.0. The number of unbranched alkanes of at least 4 members (excludes halogenated alkanes) is 3. The van der Waals surface area contributed by atoms with Crippen LogP contribution in [-0.2, 0) is 25.8 Å². The molecule has 3 nitrogen and oxygen atoms in total. The summed E-state index contributed by atoms with van der Waals surface area (Å²) in [6.07, 6.45) is 5.59. The van der Waals surface area contributed by atoms with Crippen molar-refractivity contribution in [1.29, 1.82) is 0 Å². The van der Waals surface area contributed by atoms with Crippen molar-refractivity contribution < 1.29 is 41.2 Å². The summed E-state index contributed by atoms with van der Waals surface area (Å²) in [6.45, 7) is 6.32. The molecule has 0 N–H and O–H groups in total. The van der Waals surface area contributed by atoms with Gasteiger partial charge in [-0.2, -0.15) is 0 Å². The van der Waals surface area contributed by atoms with Gasteiger partial charge in [0, 0.05) is 25.8 Å². The van der Waals surface area contributed by atoms with Crippen LogP contribution in [0.5, 0.6) is 0 Å². The third-order valence-corrected chi connectivity index (χ3v) is 1.49. The fourth-order valence-corrected chi connectivity index (χ4v) is 0.433. The molecule has 0 heterocycles. The van der Waals surface area contributed by atoms with E-state index in [-0.39, 0.29) is 45.7 Å². The van der Waals surface area contributed by atoms with Gasteiger partial charge in [0.2, 0.25) is 0 Å². The largest absolute Gasteiger partial charge is 0.854 e. The van der Waals surface area contributed by atoms with Crippen LogP contribution in [0.3, 0.4) is 0 Å². The Hall–Kier alpha value is 0.750. The first kappa shape index (κ1) is 25.6. The van der Waals surface area contributed by atoms with Gasteiger partial charge < -0.3 is 15.3 Å². The normalized spacial score (nSPS) is 7.88. The van der Waals surface area contributed by atoms with E-state index >= 15 is 0 Å². The minimum Gasteiger partial charge on any atom is -0.854 e. The van der Waals surface area contributed by atoms with Gasteiger partial charge in [-0.1, -0.05) is 59.3 Å². The molecule has 0 aliphatic carbocycles. The van der Waals surface area contributed by atoms with Crippen LogP contribution >= 0.6 is 0 Å². The van der Waals surface area contributed by atoms with Gasteiger partial charge in [0.05, 0.1) is 0 Å². The quantitative estimate of drug-likeness (QED) is 0.611. The van der Waals surface area contributed by atoms with Crippen LogP contribution in [-0.4, -0.2) is 19.8 Å². The van der Waals surface area contributed by atoms with Gasteiger partial charge in [-0.25, -0.2) is 0 Å². The van der Waals surface area contributed by atoms with Gasteiger partial charge in [0.15, 0.2) is 0 Å². The summed E-state index contributed by atoms with van der Waals surface area (Å²) in [6, 6.07) is 0. The predicted octanol–water partition coefficient (Wildman–Crippen LogP) is 0.438. The molecule has 0 unspecified atom stereocenters. The maximum atomic E-state index is 9.53. The van der Waals surface area contributed by atoms with Crippen LogP contribution in [0.1, 0.15) is 59.3 Å². The Balaban J connectivity index is -0.0000000655. The zero-order chi connectivity index (χ0) is 12.4. The first-order valence-electron chi connectivity index (χ1n) is 5.99. The van der Waals surface area contributed by atoms with Gasteiger partial charge in [-0.05, 0) is 0 Å². The predicted molar refractivity (Wildman–Crippen MR) is 59.3 cm³/mol. The fraction of sp³-hybridized carbons (Fsp3) is 1.00. The van der Waals surface area contributed by atoms with Gasteiger partial charge in [-0.3, -0.25) is 0 Å². The number of hydrogen-bond acceptors (Lipinski definition) is 3. The minimum atomic E-state index is 0. The fourth-order valence-electron chi connectivity index (χ4n) is 0.433. The summed E-state index contributed by atoms with van der Waals surface area (Å²) < 4.78 is 0. The van der Waals surface area contributed by atoms with Crippen molar-refractivity contribution in [2.24, 2.45) is 0 Å². The van der Waals surface area contributed by atoms with E-state index in [0.29, 0.717) is 0 Å². The van der Waals surface area contributed by atoms with Crippen LogP contribution in [0.25, 0.3) is 0 Å². The molecular weight excluding hydrogens is 371 g/mol. The molecule has 0 radical (unpaired) electrons. The summed E-state index contributed by atoms with van der Waals surface area (Å²) in [4.78, 5) is 0. The smallest absolute Gasteiger partial charge is 0 e. The van der Waals surface area contributed by atoms with E-state index in [1.807, 2.05) is 20.8 Å². The monoisotopic (exact) mass is 399 g/mol. The van der Waals surface area contributed by atoms with Crippen LogP contribution in [0.4, 0.5) is 0 Å². The third kappa shape index (κ3) is 61.2. The van der Waals surface area contributed by atoms with Gasteiger partial charge >= 0.3 is 0 Å². The molecule has 0 aromatic heterocycles. The molecule has 0 saturated heterocycles. The first-order chi connectivity index (χ1) is 7.24. The molecule has 0 bridgehead atoms. The van der Waals surface area contributed by atoms with Crippen molar-refractivity contribution in [1.82, 2.24) is 0 Å². The van der Waals surface area contributed by atoms with Crippen LogP contribution in [0.2, 0.25) is 0 Å². The van der Waals surface area contributed by atoms with Crippen molar-refractivity contribution in [3.8, 4) is 0 Å². The Morgan fingerprint density at radius 2 is 0.750 bits per heavy atom. The summed E-state index contributed by atoms with van der Waals surface area (Å²) in [5.74, 6) is 0. The van der Waals surface area contributed by atoms with E-state index in [4.69, 9.17) is 0 Å². The molecule has 0 aliphatic rings. The summed E-state index contributed by atoms with van der Waals surface area (Å²) in [5.41, 5.74) is 0. The Kier molecular flexibility index (Phi) is 57.6. The maximum Gasteiger partial charge on any atom is 0 e. The minimum absolute atomic E-state index is 0. The Bertz CT molecular complexity index is 53.0. The molecule has 0 saturated carbocycles. The molecule has 0 atom stereocenters. The van der Waals surface area contributed by atoms with E-state index in [2.05, 4.69) is 0 Å². The maximum absolute atomic E-state index is 9.53. The van der Waals surface area contributed by atoms with Crippen molar-refractivity contribution in [2.75, 3.05) is 19.8 Å². The zero-order valence-electron chi connectivity index (χ0n) is 11.1. The first-order valence-corrected chi connectivity index (χ1v) is 5.99. The molecule has 0 rings (SSSR count). The second-order valence-corrected chi connectivity index (χ2v) is 3.17. The second-order valence-electron chi connectivity index (χ2n) is 3.17. The molecule has 0 amide bonds. The van der Waals surface area contributed by atoms with Crippen LogP contribution < -0.4 is 15.3 Å². The van der Waals surface area contributed by atoms with E-state index < -0.39 is 0 Å².